The molecule has 0 aliphatic heterocycles. The summed E-state index contributed by atoms with van der Waals surface area (Å²) in [5.74, 6) is 0.484. The third kappa shape index (κ3) is 2.72. The molecule has 1 aliphatic rings. The molecule has 0 heterocycles. The number of urea groups is 1. The molecule has 5 heteroatoms. The Hall–Kier alpha value is -2.22. The van der Waals surface area contributed by atoms with Gasteiger partial charge in [0.15, 0.2) is 0 Å². The Morgan fingerprint density at radius 3 is 2.83 bits per heavy atom. The van der Waals surface area contributed by atoms with E-state index in [4.69, 9.17) is 10.00 Å². The number of benzene rings is 1. The second-order valence-electron chi connectivity index (χ2n) is 4.25. The fourth-order valence-electron chi connectivity index (χ4n) is 1.76. The van der Waals surface area contributed by atoms with Crippen LogP contribution in [-0.4, -0.2) is 19.2 Å². The highest BCUT2D eigenvalue weighted by molar-refractivity contribution is 5.91. The molecule has 0 aromatic heterocycles. The number of nitrogens with zero attached hydrogens (tertiary/aromatic N) is 1. The lowest BCUT2D eigenvalue weighted by molar-refractivity contribution is 0.240. The lowest BCUT2D eigenvalue weighted by Crippen LogP contribution is -2.41. The Morgan fingerprint density at radius 2 is 2.28 bits per heavy atom. The maximum absolute atomic E-state index is 11.7. The van der Waals surface area contributed by atoms with Gasteiger partial charge in [0.2, 0.25) is 0 Å². The second kappa shape index (κ2) is 5.41. The fourth-order valence-corrected chi connectivity index (χ4v) is 1.76. The molecule has 0 unspecified atom stereocenters. The van der Waals surface area contributed by atoms with Crippen LogP contribution in [0.25, 0.3) is 0 Å². The molecule has 5 nitrogen and oxygen atoms in total. The van der Waals surface area contributed by atoms with Crippen molar-refractivity contribution in [2.75, 3.05) is 12.4 Å². The van der Waals surface area contributed by atoms with Crippen molar-refractivity contribution < 1.29 is 9.53 Å². The molecule has 1 aromatic rings. The van der Waals surface area contributed by atoms with Crippen molar-refractivity contribution >= 4 is 11.7 Å². The van der Waals surface area contributed by atoms with Gasteiger partial charge < -0.3 is 15.4 Å². The van der Waals surface area contributed by atoms with E-state index >= 15 is 0 Å². The number of carbonyl (C=O) groups is 1. The number of hydrogen-bond acceptors (Lipinski definition) is 3. The highest BCUT2D eigenvalue weighted by Crippen LogP contribution is 2.25. The number of anilines is 1. The van der Waals surface area contributed by atoms with Gasteiger partial charge in [-0.25, -0.2) is 4.79 Å². The molecule has 18 heavy (non-hydrogen) atoms. The van der Waals surface area contributed by atoms with E-state index < -0.39 is 0 Å². The summed E-state index contributed by atoms with van der Waals surface area (Å²) in [7, 11) is 1.51. The lowest BCUT2D eigenvalue weighted by Gasteiger charge is -2.26. The molecule has 1 fully saturated rings. The van der Waals surface area contributed by atoms with Crippen molar-refractivity contribution in [1.29, 1.82) is 5.26 Å². The van der Waals surface area contributed by atoms with Crippen LogP contribution in [0.4, 0.5) is 10.5 Å². The molecular weight excluding hydrogens is 230 g/mol. The average Bonchev–Trinajstić information content (AvgIpc) is 2.34. The molecule has 0 saturated heterocycles. The number of amides is 2. The van der Waals surface area contributed by atoms with Crippen LogP contribution in [0.2, 0.25) is 0 Å². The van der Waals surface area contributed by atoms with Gasteiger partial charge in [-0.2, -0.15) is 5.26 Å². The Morgan fingerprint density at radius 1 is 1.50 bits per heavy atom. The molecule has 1 aromatic carbocycles. The van der Waals surface area contributed by atoms with Gasteiger partial charge >= 0.3 is 6.03 Å². The summed E-state index contributed by atoms with van der Waals surface area (Å²) in [5, 5.41) is 14.4. The molecule has 0 radical (unpaired) electrons. The Labute approximate surface area is 106 Å². The molecule has 0 spiro atoms. The van der Waals surface area contributed by atoms with E-state index in [1.54, 1.807) is 18.2 Å². The minimum Gasteiger partial charge on any atom is -0.495 e. The van der Waals surface area contributed by atoms with Gasteiger partial charge in [-0.3, -0.25) is 0 Å². The van der Waals surface area contributed by atoms with Gasteiger partial charge in [0, 0.05) is 12.1 Å². The highest BCUT2D eigenvalue weighted by atomic mass is 16.5. The van der Waals surface area contributed by atoms with E-state index in [1.807, 2.05) is 6.07 Å². The zero-order valence-corrected chi connectivity index (χ0v) is 10.2. The SMILES string of the molecule is COc1cc(C#N)ccc1NC(=O)NC1CCC1. The average molecular weight is 245 g/mol. The van der Waals surface area contributed by atoms with Crippen LogP contribution in [0.15, 0.2) is 18.2 Å². The number of ether oxygens (including phenoxy) is 1. The van der Waals surface area contributed by atoms with Crippen LogP contribution < -0.4 is 15.4 Å². The van der Waals surface area contributed by atoms with E-state index in [9.17, 15) is 4.79 Å². The zero-order chi connectivity index (χ0) is 13.0. The third-order valence-electron chi connectivity index (χ3n) is 3.02. The predicted octanol–water partition coefficient (Wildman–Crippen LogP) is 2.24. The molecule has 2 rings (SSSR count). The maximum atomic E-state index is 11.7. The second-order valence-corrected chi connectivity index (χ2v) is 4.25. The Balaban J connectivity index is 2.03. The summed E-state index contributed by atoms with van der Waals surface area (Å²) in [6.07, 6.45) is 3.25. The van der Waals surface area contributed by atoms with Crippen LogP contribution in [-0.2, 0) is 0 Å². The van der Waals surface area contributed by atoms with Gasteiger partial charge in [0.25, 0.3) is 0 Å². The quantitative estimate of drug-likeness (QED) is 0.857. The van der Waals surface area contributed by atoms with Gasteiger partial charge in [-0.1, -0.05) is 0 Å². The molecule has 0 bridgehead atoms. The number of hydrogen-bond donors (Lipinski definition) is 2. The normalized spacial score (nSPS) is 14.2. The first kappa shape index (κ1) is 12.2. The van der Waals surface area contributed by atoms with Crippen molar-refractivity contribution in [1.82, 2.24) is 5.32 Å². The van der Waals surface area contributed by atoms with Crippen molar-refractivity contribution in [3.8, 4) is 11.8 Å². The molecular formula is C13H15N3O2. The van der Waals surface area contributed by atoms with Crippen LogP contribution in [0.1, 0.15) is 24.8 Å². The third-order valence-corrected chi connectivity index (χ3v) is 3.02. The Kier molecular flexibility index (Phi) is 3.68. The summed E-state index contributed by atoms with van der Waals surface area (Å²) >= 11 is 0. The van der Waals surface area contributed by atoms with E-state index in [2.05, 4.69) is 10.6 Å². The van der Waals surface area contributed by atoms with E-state index in [1.165, 1.54) is 13.5 Å². The van der Waals surface area contributed by atoms with Crippen LogP contribution in [0.5, 0.6) is 5.75 Å². The minimum atomic E-state index is -0.234. The summed E-state index contributed by atoms with van der Waals surface area (Å²) in [5.41, 5.74) is 1.06. The van der Waals surface area contributed by atoms with Gasteiger partial charge in [0.05, 0.1) is 24.4 Å². The van der Waals surface area contributed by atoms with Gasteiger partial charge in [0.1, 0.15) is 5.75 Å². The number of carbonyl (C=O) groups excluding carboxylic acids is 1. The van der Waals surface area contributed by atoms with Crippen LogP contribution in [0.3, 0.4) is 0 Å². The highest BCUT2D eigenvalue weighted by Gasteiger charge is 2.19. The number of methoxy groups -OCH3 is 1. The fraction of sp³-hybridized carbons (Fsp3) is 0.385. The van der Waals surface area contributed by atoms with E-state index in [-0.39, 0.29) is 12.1 Å². The number of rotatable bonds is 3. The van der Waals surface area contributed by atoms with Crippen molar-refractivity contribution in [2.45, 2.75) is 25.3 Å². The first-order chi connectivity index (χ1) is 8.72. The maximum Gasteiger partial charge on any atom is 0.319 e. The molecule has 94 valence electrons. The summed E-state index contributed by atoms with van der Waals surface area (Å²) < 4.78 is 5.14. The van der Waals surface area contributed by atoms with Crippen molar-refractivity contribution in [2.24, 2.45) is 0 Å². The van der Waals surface area contributed by atoms with Gasteiger partial charge in [-0.15, -0.1) is 0 Å². The van der Waals surface area contributed by atoms with E-state index in [0.717, 1.165) is 12.8 Å². The zero-order valence-electron chi connectivity index (χ0n) is 10.2. The number of nitrogens with one attached hydrogen (secondary N) is 2. The monoisotopic (exact) mass is 245 g/mol. The van der Waals surface area contributed by atoms with Crippen LogP contribution >= 0.6 is 0 Å². The molecule has 2 N–H and O–H groups in total. The molecule has 0 atom stereocenters. The van der Waals surface area contributed by atoms with Gasteiger partial charge in [-0.05, 0) is 31.4 Å². The standard InChI is InChI=1S/C13H15N3O2/c1-18-12-7-9(8-14)5-6-11(12)16-13(17)15-10-3-2-4-10/h5-7,10H,2-4H2,1H3,(H2,15,16,17). The topological polar surface area (TPSA) is 74.1 Å². The van der Waals surface area contributed by atoms with Crippen molar-refractivity contribution in [3.05, 3.63) is 23.8 Å². The first-order valence-corrected chi connectivity index (χ1v) is 5.88. The summed E-state index contributed by atoms with van der Waals surface area (Å²) in [4.78, 5) is 11.7. The summed E-state index contributed by atoms with van der Waals surface area (Å²) in [6, 6.07) is 6.98. The first-order valence-electron chi connectivity index (χ1n) is 5.88. The molecule has 1 saturated carbocycles. The summed E-state index contributed by atoms with van der Waals surface area (Å²) in [6.45, 7) is 0. The smallest absolute Gasteiger partial charge is 0.319 e. The Bertz CT molecular complexity index is 489. The lowest BCUT2D eigenvalue weighted by atomic mass is 9.93. The van der Waals surface area contributed by atoms with Crippen molar-refractivity contribution in [3.63, 3.8) is 0 Å². The number of nitriles is 1. The predicted molar refractivity (Wildman–Crippen MR) is 67.5 cm³/mol. The largest absolute Gasteiger partial charge is 0.495 e. The minimum absolute atomic E-state index is 0.234. The molecule has 1 aliphatic carbocycles. The van der Waals surface area contributed by atoms with E-state index in [0.29, 0.717) is 17.0 Å². The molecule has 2 amide bonds. The van der Waals surface area contributed by atoms with Crippen LogP contribution in [0, 0.1) is 11.3 Å².